The molecule has 0 aromatic heterocycles. The molecule has 1 aromatic rings. The van der Waals surface area contributed by atoms with Crippen molar-refractivity contribution in [3.8, 4) is 5.75 Å². The Hall–Kier alpha value is -1.02. The number of hydrogen-bond donors (Lipinski definition) is 1. The van der Waals surface area contributed by atoms with E-state index in [1.165, 1.54) is 24.8 Å². The second-order valence-corrected chi connectivity index (χ2v) is 5.41. The Morgan fingerprint density at radius 1 is 1.00 bits per heavy atom. The van der Waals surface area contributed by atoms with Gasteiger partial charge in [-0.15, -0.1) is 0 Å². The Kier molecular flexibility index (Phi) is 8.36. The van der Waals surface area contributed by atoms with Crippen LogP contribution < -0.4 is 10.1 Å². The summed E-state index contributed by atoms with van der Waals surface area (Å²) in [7, 11) is 0. The van der Waals surface area contributed by atoms with Crippen molar-refractivity contribution in [2.24, 2.45) is 0 Å². The van der Waals surface area contributed by atoms with Gasteiger partial charge in [-0.25, -0.2) is 0 Å². The van der Waals surface area contributed by atoms with Gasteiger partial charge < -0.3 is 10.1 Å². The third kappa shape index (κ3) is 5.54. The Morgan fingerprint density at radius 3 is 2.20 bits per heavy atom. The largest absolute Gasteiger partial charge is 0.489 e. The van der Waals surface area contributed by atoms with Crippen molar-refractivity contribution in [1.82, 2.24) is 5.32 Å². The summed E-state index contributed by atoms with van der Waals surface area (Å²) in [5.41, 5.74) is 1.39. The molecule has 0 aliphatic rings. The first-order valence-corrected chi connectivity index (χ1v) is 8.24. The number of nitrogens with one attached hydrogen (secondary N) is 1. The summed E-state index contributed by atoms with van der Waals surface area (Å²) in [6.45, 7) is 9.81. The van der Waals surface area contributed by atoms with Gasteiger partial charge in [-0.3, -0.25) is 0 Å². The van der Waals surface area contributed by atoms with E-state index in [0.29, 0.717) is 6.04 Å². The molecule has 0 saturated heterocycles. The first-order chi connectivity index (χ1) is 9.74. The fourth-order valence-electron chi connectivity index (χ4n) is 2.64. The van der Waals surface area contributed by atoms with Gasteiger partial charge in [0.25, 0.3) is 0 Å². The standard InChI is InChI=1S/C18H31NO/c1-5-9-15-11-13-16(14-12-15)20-18(7-3)17(10-6-2)19-8-4/h11-14,17-19H,5-10H2,1-4H3. The molecule has 0 spiro atoms. The van der Waals surface area contributed by atoms with E-state index in [1.807, 2.05) is 0 Å². The molecular formula is C18H31NO. The second kappa shape index (κ2) is 9.82. The Balaban J connectivity index is 2.65. The van der Waals surface area contributed by atoms with Crippen LogP contribution in [0.4, 0.5) is 0 Å². The van der Waals surface area contributed by atoms with E-state index in [9.17, 15) is 0 Å². The SMILES string of the molecule is CCCc1ccc(OC(CC)C(CCC)NCC)cc1. The lowest BCUT2D eigenvalue weighted by molar-refractivity contribution is 0.143. The van der Waals surface area contributed by atoms with Crippen molar-refractivity contribution in [3.63, 3.8) is 0 Å². The molecule has 20 heavy (non-hydrogen) atoms. The zero-order valence-corrected chi connectivity index (χ0v) is 13.6. The molecular weight excluding hydrogens is 246 g/mol. The van der Waals surface area contributed by atoms with Crippen LogP contribution >= 0.6 is 0 Å². The lowest BCUT2D eigenvalue weighted by atomic mass is 10.0. The lowest BCUT2D eigenvalue weighted by Crippen LogP contribution is -2.42. The summed E-state index contributed by atoms with van der Waals surface area (Å²) >= 11 is 0. The highest BCUT2D eigenvalue weighted by Gasteiger charge is 2.19. The third-order valence-corrected chi connectivity index (χ3v) is 3.67. The fourth-order valence-corrected chi connectivity index (χ4v) is 2.64. The minimum Gasteiger partial charge on any atom is -0.489 e. The van der Waals surface area contributed by atoms with Crippen molar-refractivity contribution in [3.05, 3.63) is 29.8 Å². The van der Waals surface area contributed by atoms with Gasteiger partial charge in [0.2, 0.25) is 0 Å². The molecule has 2 nitrogen and oxygen atoms in total. The maximum Gasteiger partial charge on any atom is 0.119 e. The number of rotatable bonds is 10. The highest BCUT2D eigenvalue weighted by molar-refractivity contribution is 5.27. The summed E-state index contributed by atoms with van der Waals surface area (Å²) in [5, 5.41) is 3.56. The molecule has 0 amide bonds. The van der Waals surface area contributed by atoms with E-state index in [1.54, 1.807) is 0 Å². The van der Waals surface area contributed by atoms with Gasteiger partial charge in [0.15, 0.2) is 0 Å². The number of hydrogen-bond acceptors (Lipinski definition) is 2. The molecule has 0 bridgehead atoms. The quantitative estimate of drug-likeness (QED) is 0.676. The van der Waals surface area contributed by atoms with Crippen LogP contribution in [0.25, 0.3) is 0 Å². The topological polar surface area (TPSA) is 21.3 Å². The van der Waals surface area contributed by atoms with Gasteiger partial charge in [-0.05, 0) is 43.5 Å². The summed E-state index contributed by atoms with van der Waals surface area (Å²) in [5.74, 6) is 0.996. The van der Waals surface area contributed by atoms with E-state index in [4.69, 9.17) is 4.74 Å². The van der Waals surface area contributed by atoms with Crippen LogP contribution in [0.2, 0.25) is 0 Å². The normalized spacial score (nSPS) is 14.0. The average molecular weight is 277 g/mol. The highest BCUT2D eigenvalue weighted by atomic mass is 16.5. The molecule has 0 saturated carbocycles. The first-order valence-electron chi connectivity index (χ1n) is 8.24. The van der Waals surface area contributed by atoms with Gasteiger partial charge in [0, 0.05) is 6.04 Å². The van der Waals surface area contributed by atoms with Crippen LogP contribution in [-0.4, -0.2) is 18.7 Å². The minimum atomic E-state index is 0.256. The Morgan fingerprint density at radius 2 is 1.70 bits per heavy atom. The molecule has 1 aromatic carbocycles. The van der Waals surface area contributed by atoms with E-state index in [2.05, 4.69) is 57.3 Å². The lowest BCUT2D eigenvalue weighted by Gasteiger charge is -2.27. The van der Waals surface area contributed by atoms with Gasteiger partial charge in [-0.1, -0.05) is 52.7 Å². The van der Waals surface area contributed by atoms with Crippen molar-refractivity contribution in [1.29, 1.82) is 0 Å². The van der Waals surface area contributed by atoms with Crippen molar-refractivity contribution < 1.29 is 4.74 Å². The van der Waals surface area contributed by atoms with Crippen LogP contribution in [0.15, 0.2) is 24.3 Å². The van der Waals surface area contributed by atoms with Crippen LogP contribution in [0.1, 0.15) is 58.9 Å². The minimum absolute atomic E-state index is 0.256. The van der Waals surface area contributed by atoms with E-state index in [-0.39, 0.29) is 6.10 Å². The van der Waals surface area contributed by atoms with E-state index >= 15 is 0 Å². The first kappa shape index (κ1) is 17.0. The van der Waals surface area contributed by atoms with Crippen LogP contribution in [-0.2, 0) is 6.42 Å². The summed E-state index contributed by atoms with van der Waals surface area (Å²) in [4.78, 5) is 0. The number of likely N-dealkylation sites (N-methyl/N-ethyl adjacent to an activating group) is 1. The molecule has 2 unspecified atom stereocenters. The third-order valence-electron chi connectivity index (χ3n) is 3.67. The average Bonchev–Trinajstić information content (AvgIpc) is 2.47. The van der Waals surface area contributed by atoms with Crippen molar-refractivity contribution in [2.75, 3.05) is 6.54 Å². The fraction of sp³-hybridized carbons (Fsp3) is 0.667. The molecule has 2 heteroatoms. The molecule has 0 heterocycles. The molecule has 0 fully saturated rings. The Labute approximate surface area is 124 Å². The van der Waals surface area contributed by atoms with Crippen molar-refractivity contribution in [2.45, 2.75) is 71.9 Å². The summed E-state index contributed by atoms with van der Waals surface area (Å²) in [6, 6.07) is 9.05. The number of benzene rings is 1. The summed E-state index contributed by atoms with van der Waals surface area (Å²) in [6.07, 6.45) is 5.98. The molecule has 0 aliphatic carbocycles. The second-order valence-electron chi connectivity index (χ2n) is 5.41. The predicted octanol–water partition coefficient (Wildman–Crippen LogP) is 4.57. The number of ether oxygens (including phenoxy) is 1. The maximum absolute atomic E-state index is 6.20. The zero-order valence-electron chi connectivity index (χ0n) is 13.6. The van der Waals surface area contributed by atoms with Gasteiger partial charge in [-0.2, -0.15) is 0 Å². The molecule has 2 atom stereocenters. The smallest absolute Gasteiger partial charge is 0.119 e. The van der Waals surface area contributed by atoms with E-state index < -0.39 is 0 Å². The molecule has 1 rings (SSSR count). The molecule has 1 N–H and O–H groups in total. The van der Waals surface area contributed by atoms with E-state index in [0.717, 1.165) is 25.1 Å². The molecule has 0 aliphatic heterocycles. The maximum atomic E-state index is 6.20. The Bertz CT molecular complexity index is 341. The highest BCUT2D eigenvalue weighted by Crippen LogP contribution is 2.18. The van der Waals surface area contributed by atoms with Crippen LogP contribution in [0, 0.1) is 0 Å². The van der Waals surface area contributed by atoms with Crippen molar-refractivity contribution >= 4 is 0 Å². The number of aryl methyl sites for hydroxylation is 1. The monoisotopic (exact) mass is 277 g/mol. The van der Waals surface area contributed by atoms with Gasteiger partial charge in [0.05, 0.1) is 0 Å². The molecule has 114 valence electrons. The molecule has 0 radical (unpaired) electrons. The van der Waals surface area contributed by atoms with Gasteiger partial charge >= 0.3 is 0 Å². The van der Waals surface area contributed by atoms with Gasteiger partial charge in [0.1, 0.15) is 11.9 Å². The summed E-state index contributed by atoms with van der Waals surface area (Å²) < 4.78 is 6.20. The predicted molar refractivity (Wildman–Crippen MR) is 87.5 cm³/mol. The van der Waals surface area contributed by atoms with Crippen LogP contribution in [0.3, 0.4) is 0 Å². The van der Waals surface area contributed by atoms with Crippen LogP contribution in [0.5, 0.6) is 5.75 Å². The zero-order chi connectivity index (χ0) is 14.8.